The minimum atomic E-state index is -1.17. The SMILES string of the molecule is CNC(=O)[C@]12CC1[C@@H](n1cnc3c(NC4C[C@H]4c4ccccc4)nc(C#Cc4ccccc4)nc31)C(O)[C@@H]2O. The summed E-state index contributed by atoms with van der Waals surface area (Å²) in [6, 6.07) is 19.7. The second-order valence-electron chi connectivity index (χ2n) is 10.7. The van der Waals surface area contributed by atoms with E-state index in [0.717, 1.165) is 12.0 Å². The van der Waals surface area contributed by atoms with Crippen molar-refractivity contribution in [3.05, 3.63) is 83.9 Å². The van der Waals surface area contributed by atoms with Crippen molar-refractivity contribution >= 4 is 22.9 Å². The van der Waals surface area contributed by atoms with Crippen molar-refractivity contribution in [3.8, 4) is 11.8 Å². The van der Waals surface area contributed by atoms with E-state index in [9.17, 15) is 15.0 Å². The van der Waals surface area contributed by atoms with Crippen LogP contribution in [0.25, 0.3) is 11.2 Å². The summed E-state index contributed by atoms with van der Waals surface area (Å²) in [6.07, 6.45) is 0.798. The molecule has 2 aromatic heterocycles. The van der Waals surface area contributed by atoms with Crippen LogP contribution in [0.4, 0.5) is 5.82 Å². The first-order chi connectivity index (χ1) is 19.0. The smallest absolute Gasteiger partial charge is 0.229 e. The van der Waals surface area contributed by atoms with E-state index < -0.39 is 23.7 Å². The van der Waals surface area contributed by atoms with Crippen LogP contribution < -0.4 is 10.6 Å². The molecule has 0 bridgehead atoms. The predicted molar refractivity (Wildman–Crippen MR) is 145 cm³/mol. The lowest BCUT2D eigenvalue weighted by Gasteiger charge is -2.23. The number of aliphatic hydroxyl groups is 2. The van der Waals surface area contributed by atoms with Gasteiger partial charge in [-0.2, -0.15) is 0 Å². The van der Waals surface area contributed by atoms with Gasteiger partial charge >= 0.3 is 0 Å². The molecule has 7 atom stereocenters. The summed E-state index contributed by atoms with van der Waals surface area (Å²) in [5.74, 6) is 7.02. The van der Waals surface area contributed by atoms with Gasteiger partial charge in [0.15, 0.2) is 17.0 Å². The molecule has 3 unspecified atom stereocenters. The van der Waals surface area contributed by atoms with Gasteiger partial charge in [0.05, 0.1) is 23.9 Å². The summed E-state index contributed by atoms with van der Waals surface area (Å²) in [4.78, 5) is 26.8. The van der Waals surface area contributed by atoms with Crippen LogP contribution in [-0.4, -0.2) is 60.9 Å². The number of nitrogens with zero attached hydrogens (tertiary/aromatic N) is 4. The van der Waals surface area contributed by atoms with E-state index in [1.807, 2.05) is 48.5 Å². The van der Waals surface area contributed by atoms with Crippen LogP contribution in [0.2, 0.25) is 0 Å². The summed E-state index contributed by atoms with van der Waals surface area (Å²) < 4.78 is 1.79. The number of aliphatic hydroxyl groups excluding tert-OH is 2. The number of carbonyl (C=O) groups excluding carboxylic acids is 1. The highest BCUT2D eigenvalue weighted by atomic mass is 16.3. The predicted octanol–water partition coefficient (Wildman–Crippen LogP) is 2.22. The average Bonchev–Trinajstić information content (AvgIpc) is 3.85. The molecule has 39 heavy (non-hydrogen) atoms. The maximum absolute atomic E-state index is 12.7. The Bertz CT molecular complexity index is 1630. The summed E-state index contributed by atoms with van der Waals surface area (Å²) in [6.45, 7) is 0. The van der Waals surface area contributed by atoms with Crippen molar-refractivity contribution in [3.63, 3.8) is 0 Å². The Balaban J connectivity index is 1.28. The lowest BCUT2D eigenvalue weighted by atomic mass is 9.98. The normalized spacial score (nSPS) is 30.2. The van der Waals surface area contributed by atoms with Gasteiger partial charge in [0.1, 0.15) is 6.10 Å². The van der Waals surface area contributed by atoms with Gasteiger partial charge < -0.3 is 25.4 Å². The Morgan fingerprint density at radius 2 is 1.79 bits per heavy atom. The topological polar surface area (TPSA) is 125 Å². The summed E-state index contributed by atoms with van der Waals surface area (Å²) in [5.41, 5.74) is 2.21. The molecule has 2 aromatic carbocycles. The third-order valence-corrected chi connectivity index (χ3v) is 8.50. The van der Waals surface area contributed by atoms with Crippen LogP contribution in [0.3, 0.4) is 0 Å². The van der Waals surface area contributed by atoms with Crippen molar-refractivity contribution in [2.24, 2.45) is 11.3 Å². The minimum Gasteiger partial charge on any atom is -0.389 e. The van der Waals surface area contributed by atoms with Gasteiger partial charge in [-0.05, 0) is 36.5 Å². The van der Waals surface area contributed by atoms with E-state index in [1.165, 1.54) is 5.56 Å². The molecule has 4 aromatic rings. The molecule has 9 heteroatoms. The summed E-state index contributed by atoms with van der Waals surface area (Å²) in [5, 5.41) is 28.1. The van der Waals surface area contributed by atoms with Crippen LogP contribution in [-0.2, 0) is 4.79 Å². The van der Waals surface area contributed by atoms with Crippen LogP contribution in [0.5, 0.6) is 0 Å². The number of aromatic nitrogens is 4. The number of nitrogens with one attached hydrogen (secondary N) is 2. The van der Waals surface area contributed by atoms with E-state index in [4.69, 9.17) is 9.97 Å². The Morgan fingerprint density at radius 3 is 2.54 bits per heavy atom. The summed E-state index contributed by atoms with van der Waals surface area (Å²) >= 11 is 0. The Hall–Kier alpha value is -4.26. The number of rotatable bonds is 5. The monoisotopic (exact) mass is 520 g/mol. The molecule has 0 spiro atoms. The molecule has 0 saturated heterocycles. The van der Waals surface area contributed by atoms with Gasteiger partial charge in [-0.25, -0.2) is 15.0 Å². The second kappa shape index (κ2) is 8.90. The zero-order valence-electron chi connectivity index (χ0n) is 21.3. The third-order valence-electron chi connectivity index (χ3n) is 8.50. The zero-order chi connectivity index (χ0) is 26.7. The highest BCUT2D eigenvalue weighted by molar-refractivity contribution is 5.88. The van der Waals surface area contributed by atoms with Crippen molar-refractivity contribution in [1.82, 2.24) is 24.8 Å². The molecule has 3 aliphatic carbocycles. The quantitative estimate of drug-likeness (QED) is 0.298. The Labute approximate surface area is 225 Å². The molecule has 0 radical (unpaired) electrons. The number of imidazole rings is 1. The molecule has 1 amide bonds. The average molecular weight is 521 g/mol. The van der Waals surface area contributed by atoms with Crippen molar-refractivity contribution in [2.45, 2.75) is 43.1 Å². The standard InChI is InChI=1S/C30H28N6O3/c1-31-29(39)30-15-20(30)24(25(37)26(30)38)36-16-32-23-27(33-21-14-19(21)18-10-6-3-7-11-18)34-22(35-28(23)36)13-12-17-8-4-2-5-9-17/h2-11,16,19-21,24-26,37-38H,14-15H2,1H3,(H,31,39)(H,33,34,35)/t19-,20?,21?,24+,25?,26-,30+/m0/s1. The number of carbonyl (C=O) groups is 1. The lowest BCUT2D eigenvalue weighted by Crippen LogP contribution is -2.41. The molecule has 3 aliphatic rings. The van der Waals surface area contributed by atoms with Gasteiger partial charge in [-0.3, -0.25) is 4.79 Å². The molecule has 4 N–H and O–H groups in total. The van der Waals surface area contributed by atoms with Gasteiger partial charge in [0.2, 0.25) is 11.7 Å². The number of amides is 1. The first kappa shape index (κ1) is 23.8. The van der Waals surface area contributed by atoms with E-state index in [0.29, 0.717) is 35.1 Å². The first-order valence-electron chi connectivity index (χ1n) is 13.2. The van der Waals surface area contributed by atoms with E-state index in [2.05, 4.69) is 39.6 Å². The summed E-state index contributed by atoms with van der Waals surface area (Å²) in [7, 11) is 1.55. The molecule has 2 heterocycles. The van der Waals surface area contributed by atoms with E-state index in [1.54, 1.807) is 17.9 Å². The van der Waals surface area contributed by atoms with E-state index in [-0.39, 0.29) is 17.9 Å². The lowest BCUT2D eigenvalue weighted by molar-refractivity contribution is -0.132. The number of hydrogen-bond donors (Lipinski definition) is 4. The van der Waals surface area contributed by atoms with Gasteiger partial charge in [-0.15, -0.1) is 0 Å². The van der Waals surface area contributed by atoms with Crippen LogP contribution in [0.15, 0.2) is 67.0 Å². The van der Waals surface area contributed by atoms with Crippen LogP contribution in [0.1, 0.15) is 41.8 Å². The number of hydrogen-bond acceptors (Lipinski definition) is 7. The molecular formula is C30H28N6O3. The molecule has 7 rings (SSSR count). The van der Waals surface area contributed by atoms with Gasteiger partial charge in [0.25, 0.3) is 0 Å². The molecule has 3 saturated carbocycles. The molecule has 196 valence electrons. The third kappa shape index (κ3) is 3.79. The van der Waals surface area contributed by atoms with Crippen molar-refractivity contribution in [1.29, 1.82) is 0 Å². The van der Waals surface area contributed by atoms with Crippen molar-refractivity contribution < 1.29 is 15.0 Å². The van der Waals surface area contributed by atoms with Crippen LogP contribution >= 0.6 is 0 Å². The molecule has 0 aliphatic heterocycles. The molecule has 3 fully saturated rings. The molecule has 9 nitrogen and oxygen atoms in total. The van der Waals surface area contributed by atoms with E-state index >= 15 is 0 Å². The number of benzene rings is 2. The highest BCUT2D eigenvalue weighted by Gasteiger charge is 2.75. The second-order valence-corrected chi connectivity index (χ2v) is 10.7. The van der Waals surface area contributed by atoms with Crippen LogP contribution in [0, 0.1) is 23.2 Å². The first-order valence-corrected chi connectivity index (χ1v) is 13.2. The fraction of sp³-hybridized carbons (Fsp3) is 0.333. The highest BCUT2D eigenvalue weighted by Crippen LogP contribution is 2.67. The molecular weight excluding hydrogens is 492 g/mol. The fourth-order valence-electron chi connectivity index (χ4n) is 6.33. The maximum Gasteiger partial charge on any atom is 0.229 e. The Kier molecular flexibility index (Phi) is 5.44. The maximum atomic E-state index is 12.7. The van der Waals surface area contributed by atoms with Crippen molar-refractivity contribution in [2.75, 3.05) is 12.4 Å². The van der Waals surface area contributed by atoms with Gasteiger partial charge in [0, 0.05) is 30.5 Å². The minimum absolute atomic E-state index is 0.203. The number of fused-ring (bicyclic) bond motifs is 2. The Morgan fingerprint density at radius 1 is 1.05 bits per heavy atom. The zero-order valence-corrected chi connectivity index (χ0v) is 21.3. The van der Waals surface area contributed by atoms with Gasteiger partial charge in [-0.1, -0.05) is 54.5 Å². The fourth-order valence-corrected chi connectivity index (χ4v) is 6.33. The number of anilines is 1. The largest absolute Gasteiger partial charge is 0.389 e.